The average Bonchev–Trinajstić information content (AvgIpc) is 2.79. The molecule has 0 radical (unpaired) electrons. The zero-order valence-corrected chi connectivity index (χ0v) is 11.2. The van der Waals surface area contributed by atoms with Crippen LogP contribution in [0.5, 0.6) is 0 Å². The van der Waals surface area contributed by atoms with Gasteiger partial charge in [0.15, 0.2) is 0 Å². The number of halogens is 1. The molecule has 2 rings (SSSR count). The lowest BCUT2D eigenvalue weighted by atomic mass is 10.1. The van der Waals surface area contributed by atoms with Gasteiger partial charge in [-0.05, 0) is 30.5 Å². The second-order valence-electron chi connectivity index (χ2n) is 4.83. The number of non-ortho nitro benzene ring substituents is 1. The normalized spacial score (nSPS) is 20.2. The first kappa shape index (κ1) is 13.3. The van der Waals surface area contributed by atoms with Gasteiger partial charge in [0.05, 0.1) is 4.92 Å². The summed E-state index contributed by atoms with van der Waals surface area (Å²) in [7, 11) is 0. The molecular weight excluding hydrogens is 252 g/mol. The van der Waals surface area contributed by atoms with Crippen LogP contribution in [-0.2, 0) is 6.54 Å². The first-order chi connectivity index (χ1) is 8.60. The summed E-state index contributed by atoms with van der Waals surface area (Å²) < 4.78 is 0. The van der Waals surface area contributed by atoms with Crippen molar-refractivity contribution in [2.75, 3.05) is 13.1 Å². The van der Waals surface area contributed by atoms with Gasteiger partial charge in [0.1, 0.15) is 0 Å². The van der Waals surface area contributed by atoms with Crippen LogP contribution < -0.4 is 0 Å². The average molecular weight is 269 g/mol. The zero-order valence-electron chi connectivity index (χ0n) is 10.4. The van der Waals surface area contributed by atoms with Crippen LogP contribution >= 0.6 is 11.6 Å². The number of rotatable bonds is 4. The Labute approximate surface area is 112 Å². The highest BCUT2D eigenvalue weighted by molar-refractivity contribution is 6.31. The topological polar surface area (TPSA) is 46.4 Å². The van der Waals surface area contributed by atoms with Crippen molar-refractivity contribution in [1.82, 2.24) is 4.90 Å². The Hall–Kier alpha value is -1.13. The Kier molecular flexibility index (Phi) is 4.19. The molecule has 1 aromatic rings. The molecule has 4 nitrogen and oxygen atoms in total. The maximum atomic E-state index is 10.7. The smallest absolute Gasteiger partial charge is 0.269 e. The molecule has 0 bridgehead atoms. The van der Waals surface area contributed by atoms with Crippen LogP contribution in [0.2, 0.25) is 5.02 Å². The van der Waals surface area contributed by atoms with Crippen molar-refractivity contribution < 1.29 is 4.92 Å². The summed E-state index contributed by atoms with van der Waals surface area (Å²) in [5.74, 6) is 0.752. The number of hydrogen-bond acceptors (Lipinski definition) is 3. The Morgan fingerprint density at radius 1 is 1.56 bits per heavy atom. The minimum atomic E-state index is -0.376. The predicted molar refractivity (Wildman–Crippen MR) is 71.8 cm³/mol. The highest BCUT2D eigenvalue weighted by atomic mass is 35.5. The van der Waals surface area contributed by atoms with Crippen LogP contribution in [0.15, 0.2) is 18.2 Å². The number of nitrogens with zero attached hydrogens (tertiary/aromatic N) is 2. The van der Waals surface area contributed by atoms with Crippen molar-refractivity contribution in [3.05, 3.63) is 38.9 Å². The third-order valence-corrected chi connectivity index (χ3v) is 3.95. The van der Waals surface area contributed by atoms with Gasteiger partial charge in [-0.25, -0.2) is 0 Å². The minimum absolute atomic E-state index is 0.112. The Morgan fingerprint density at radius 3 is 2.94 bits per heavy atom. The molecule has 0 N–H and O–H groups in total. The Balaban J connectivity index is 2.09. The van der Waals surface area contributed by atoms with Crippen molar-refractivity contribution in [2.24, 2.45) is 5.92 Å². The van der Waals surface area contributed by atoms with Gasteiger partial charge in [0, 0.05) is 30.2 Å². The van der Waals surface area contributed by atoms with Crippen molar-refractivity contribution in [1.29, 1.82) is 0 Å². The monoisotopic (exact) mass is 268 g/mol. The maximum Gasteiger partial charge on any atom is 0.269 e. The minimum Gasteiger partial charge on any atom is -0.299 e. The second kappa shape index (κ2) is 5.67. The lowest BCUT2D eigenvalue weighted by Crippen LogP contribution is -2.20. The molecule has 0 spiro atoms. The van der Waals surface area contributed by atoms with Gasteiger partial charge < -0.3 is 0 Å². The summed E-state index contributed by atoms with van der Waals surface area (Å²) in [6.45, 7) is 5.03. The summed E-state index contributed by atoms with van der Waals surface area (Å²) in [6.07, 6.45) is 2.40. The molecule has 5 heteroatoms. The molecule has 1 atom stereocenters. The van der Waals surface area contributed by atoms with Crippen LogP contribution in [0.1, 0.15) is 25.3 Å². The third-order valence-electron chi connectivity index (χ3n) is 3.58. The van der Waals surface area contributed by atoms with Gasteiger partial charge >= 0.3 is 0 Å². The van der Waals surface area contributed by atoms with Crippen LogP contribution in [0.3, 0.4) is 0 Å². The molecule has 1 aliphatic heterocycles. The van der Waals surface area contributed by atoms with Gasteiger partial charge in [-0.1, -0.05) is 24.9 Å². The number of nitro groups is 1. The number of benzene rings is 1. The van der Waals surface area contributed by atoms with Gasteiger partial charge in [-0.15, -0.1) is 0 Å². The van der Waals surface area contributed by atoms with Crippen molar-refractivity contribution in [3.63, 3.8) is 0 Å². The van der Waals surface area contributed by atoms with E-state index >= 15 is 0 Å². The summed E-state index contributed by atoms with van der Waals surface area (Å²) in [6, 6.07) is 4.65. The van der Waals surface area contributed by atoms with Gasteiger partial charge in [0.25, 0.3) is 5.69 Å². The summed E-state index contributed by atoms with van der Waals surface area (Å²) in [5.41, 5.74) is 0.961. The third kappa shape index (κ3) is 3.00. The van der Waals surface area contributed by atoms with E-state index in [2.05, 4.69) is 11.8 Å². The van der Waals surface area contributed by atoms with E-state index in [1.165, 1.54) is 18.9 Å². The van der Waals surface area contributed by atoms with Crippen LogP contribution in [-0.4, -0.2) is 22.9 Å². The molecule has 18 heavy (non-hydrogen) atoms. The fourth-order valence-corrected chi connectivity index (χ4v) is 2.60. The molecule has 1 saturated heterocycles. The second-order valence-corrected chi connectivity index (χ2v) is 5.24. The summed E-state index contributed by atoms with van der Waals surface area (Å²) in [5, 5.41) is 11.4. The van der Waals surface area contributed by atoms with Crippen LogP contribution in [0.25, 0.3) is 0 Å². The van der Waals surface area contributed by atoms with E-state index in [0.717, 1.165) is 24.6 Å². The molecule has 1 aliphatic rings. The lowest BCUT2D eigenvalue weighted by Gasteiger charge is -2.16. The first-order valence-electron chi connectivity index (χ1n) is 6.25. The van der Waals surface area contributed by atoms with Crippen molar-refractivity contribution >= 4 is 17.3 Å². The molecule has 1 heterocycles. The van der Waals surface area contributed by atoms with Crippen molar-refractivity contribution in [3.8, 4) is 0 Å². The fraction of sp³-hybridized carbons (Fsp3) is 0.538. The number of hydrogen-bond donors (Lipinski definition) is 0. The number of nitro benzene ring substituents is 1. The lowest BCUT2D eigenvalue weighted by molar-refractivity contribution is -0.384. The number of likely N-dealkylation sites (tertiary alicyclic amines) is 1. The molecule has 98 valence electrons. The molecule has 1 aromatic carbocycles. The Bertz CT molecular complexity index is 451. The molecule has 0 amide bonds. The van der Waals surface area contributed by atoms with E-state index in [-0.39, 0.29) is 10.6 Å². The van der Waals surface area contributed by atoms with E-state index in [1.807, 2.05) is 0 Å². The predicted octanol–water partition coefficient (Wildman–Crippen LogP) is 3.48. The van der Waals surface area contributed by atoms with E-state index < -0.39 is 0 Å². The highest BCUT2D eigenvalue weighted by Gasteiger charge is 2.22. The van der Waals surface area contributed by atoms with Crippen LogP contribution in [0, 0.1) is 16.0 Å². The van der Waals surface area contributed by atoms with E-state index in [1.54, 1.807) is 12.1 Å². The highest BCUT2D eigenvalue weighted by Crippen LogP contribution is 2.26. The Morgan fingerprint density at radius 2 is 2.33 bits per heavy atom. The van der Waals surface area contributed by atoms with E-state index in [4.69, 9.17) is 11.6 Å². The van der Waals surface area contributed by atoms with Gasteiger partial charge in [0.2, 0.25) is 0 Å². The van der Waals surface area contributed by atoms with E-state index in [0.29, 0.717) is 11.6 Å². The zero-order chi connectivity index (χ0) is 13.1. The molecule has 1 fully saturated rings. The molecule has 0 saturated carbocycles. The molecule has 0 aromatic heterocycles. The molecular formula is C13H17ClN2O2. The SMILES string of the molecule is CCC1CCN(Cc2cc([N+](=O)[O-])ccc2Cl)C1. The molecule has 0 aliphatic carbocycles. The maximum absolute atomic E-state index is 10.7. The summed E-state index contributed by atoms with van der Waals surface area (Å²) >= 11 is 6.10. The largest absolute Gasteiger partial charge is 0.299 e. The first-order valence-corrected chi connectivity index (χ1v) is 6.63. The quantitative estimate of drug-likeness (QED) is 0.620. The standard InChI is InChI=1S/C13H17ClN2O2/c1-2-10-5-6-15(8-10)9-11-7-12(16(17)18)3-4-13(11)14/h3-4,7,10H,2,5-6,8-9H2,1H3. The van der Waals surface area contributed by atoms with Gasteiger partial charge in [-0.3, -0.25) is 15.0 Å². The fourth-order valence-electron chi connectivity index (χ4n) is 2.43. The molecule has 1 unspecified atom stereocenters. The van der Waals surface area contributed by atoms with E-state index in [9.17, 15) is 10.1 Å². The van der Waals surface area contributed by atoms with Crippen molar-refractivity contribution in [2.45, 2.75) is 26.3 Å². The van der Waals surface area contributed by atoms with Crippen LogP contribution in [0.4, 0.5) is 5.69 Å². The van der Waals surface area contributed by atoms with Gasteiger partial charge in [-0.2, -0.15) is 0 Å². The summed E-state index contributed by atoms with van der Waals surface area (Å²) in [4.78, 5) is 12.7.